The van der Waals surface area contributed by atoms with Crippen LogP contribution < -0.4 is 10.2 Å². The van der Waals surface area contributed by atoms with E-state index in [1.165, 1.54) is 12.2 Å². The van der Waals surface area contributed by atoms with Gasteiger partial charge in [0.15, 0.2) is 0 Å². The van der Waals surface area contributed by atoms with Crippen molar-refractivity contribution in [1.82, 2.24) is 5.32 Å². The molecule has 0 aromatic heterocycles. The molecule has 120 valence electrons. The predicted molar refractivity (Wildman–Crippen MR) is 92.1 cm³/mol. The van der Waals surface area contributed by atoms with Crippen molar-refractivity contribution >= 4 is 29.3 Å². The number of benzene rings is 1. The van der Waals surface area contributed by atoms with Crippen LogP contribution in [0.3, 0.4) is 0 Å². The first kappa shape index (κ1) is 16.9. The highest BCUT2D eigenvalue weighted by molar-refractivity contribution is 7.99. The molecule has 1 heterocycles. The molecule has 0 aliphatic carbocycles. The van der Waals surface area contributed by atoms with E-state index in [-0.39, 0.29) is 11.8 Å². The van der Waals surface area contributed by atoms with Crippen LogP contribution in [0.5, 0.6) is 0 Å². The molecule has 0 saturated carbocycles. The van der Waals surface area contributed by atoms with Crippen molar-refractivity contribution in [1.29, 1.82) is 0 Å². The van der Waals surface area contributed by atoms with Gasteiger partial charge in [-0.15, -0.1) is 0 Å². The molecule has 22 heavy (non-hydrogen) atoms. The van der Waals surface area contributed by atoms with Gasteiger partial charge < -0.3 is 10.2 Å². The summed E-state index contributed by atoms with van der Waals surface area (Å²) < 4.78 is 0. The second kappa shape index (κ2) is 8.83. The molecule has 4 nitrogen and oxygen atoms in total. The molecule has 1 aromatic carbocycles. The Hall–Kier alpha value is -1.49. The molecule has 0 radical (unpaired) electrons. The van der Waals surface area contributed by atoms with Gasteiger partial charge in [0.2, 0.25) is 11.8 Å². The molecule has 1 N–H and O–H groups in total. The fraction of sp³-hybridized carbons (Fsp3) is 0.529. The average Bonchev–Trinajstić information content (AvgIpc) is 2.93. The van der Waals surface area contributed by atoms with Crippen molar-refractivity contribution in [2.45, 2.75) is 26.2 Å². The Labute approximate surface area is 136 Å². The maximum Gasteiger partial charge on any atom is 0.239 e. The molecule has 0 bridgehead atoms. The normalized spacial score (nSPS) is 17.8. The first-order chi connectivity index (χ1) is 10.7. The summed E-state index contributed by atoms with van der Waals surface area (Å²) in [7, 11) is 0. The Morgan fingerprint density at radius 1 is 1.32 bits per heavy atom. The summed E-state index contributed by atoms with van der Waals surface area (Å²) in [6.07, 6.45) is 2.74. The molecule has 1 aliphatic rings. The van der Waals surface area contributed by atoms with Crippen molar-refractivity contribution in [3.8, 4) is 0 Å². The SMILES string of the molecule is CCCSCCCNC(=O)[C@H]1CCN(c2ccccc2)C1=O. The molecule has 5 heteroatoms. The van der Waals surface area contributed by atoms with Crippen molar-refractivity contribution in [2.24, 2.45) is 5.92 Å². The maximum atomic E-state index is 12.4. The standard InChI is InChI=1S/C17H24N2O2S/c1-2-12-22-13-6-10-18-16(20)15-9-11-19(17(15)21)14-7-4-3-5-8-14/h3-5,7-8,15H,2,6,9-13H2,1H3,(H,18,20)/t15-/m1/s1. The smallest absolute Gasteiger partial charge is 0.239 e. The summed E-state index contributed by atoms with van der Waals surface area (Å²) in [5.74, 6) is 1.50. The summed E-state index contributed by atoms with van der Waals surface area (Å²) in [4.78, 5) is 26.2. The van der Waals surface area contributed by atoms with E-state index in [1.54, 1.807) is 4.90 Å². The molecule has 1 aliphatic heterocycles. The topological polar surface area (TPSA) is 49.4 Å². The third-order valence-corrected chi connectivity index (χ3v) is 4.98. The van der Waals surface area contributed by atoms with Gasteiger partial charge in [0.25, 0.3) is 0 Å². The second-order valence-corrected chi connectivity index (χ2v) is 6.65. The molecule has 0 unspecified atom stereocenters. The highest BCUT2D eigenvalue weighted by Gasteiger charge is 2.37. The highest BCUT2D eigenvalue weighted by atomic mass is 32.2. The monoisotopic (exact) mass is 320 g/mol. The number of anilines is 1. The highest BCUT2D eigenvalue weighted by Crippen LogP contribution is 2.24. The zero-order chi connectivity index (χ0) is 15.8. The van der Waals surface area contributed by atoms with Gasteiger partial charge in [-0.2, -0.15) is 11.8 Å². The summed E-state index contributed by atoms with van der Waals surface area (Å²) in [6, 6.07) is 9.55. The van der Waals surface area contributed by atoms with E-state index < -0.39 is 5.92 Å². The lowest BCUT2D eigenvalue weighted by atomic mass is 10.1. The maximum absolute atomic E-state index is 12.4. The number of para-hydroxylation sites is 1. The number of amides is 2. The minimum Gasteiger partial charge on any atom is -0.355 e. The Bertz CT molecular complexity index is 493. The van der Waals surface area contributed by atoms with E-state index >= 15 is 0 Å². The first-order valence-electron chi connectivity index (χ1n) is 7.96. The number of carbonyl (C=O) groups is 2. The number of nitrogens with zero attached hydrogens (tertiary/aromatic N) is 1. The summed E-state index contributed by atoms with van der Waals surface area (Å²) in [6.45, 7) is 3.44. The third-order valence-electron chi connectivity index (χ3n) is 3.70. The van der Waals surface area contributed by atoms with Crippen molar-refractivity contribution in [3.63, 3.8) is 0 Å². The predicted octanol–water partition coefficient (Wildman–Crippen LogP) is 2.69. The number of nitrogens with one attached hydrogen (secondary N) is 1. The van der Waals surface area contributed by atoms with E-state index in [2.05, 4.69) is 12.2 Å². The lowest BCUT2D eigenvalue weighted by Crippen LogP contribution is -2.37. The fourth-order valence-corrected chi connectivity index (χ4v) is 3.38. The van der Waals surface area contributed by atoms with Crippen LogP contribution in [0.15, 0.2) is 30.3 Å². The average molecular weight is 320 g/mol. The van der Waals surface area contributed by atoms with E-state index in [4.69, 9.17) is 0 Å². The van der Waals surface area contributed by atoms with E-state index in [0.29, 0.717) is 19.5 Å². The Morgan fingerprint density at radius 3 is 2.82 bits per heavy atom. The van der Waals surface area contributed by atoms with Gasteiger partial charge in [-0.05, 0) is 42.9 Å². The van der Waals surface area contributed by atoms with Crippen LogP contribution >= 0.6 is 11.8 Å². The molecule has 1 aromatic rings. The zero-order valence-corrected chi connectivity index (χ0v) is 13.9. The third kappa shape index (κ3) is 4.50. The number of thioether (sulfide) groups is 1. The van der Waals surface area contributed by atoms with E-state index in [0.717, 1.165) is 17.9 Å². The minimum atomic E-state index is -0.525. The van der Waals surface area contributed by atoms with E-state index in [9.17, 15) is 9.59 Å². The fourth-order valence-electron chi connectivity index (χ4n) is 2.54. The molecular formula is C17H24N2O2S. The van der Waals surface area contributed by atoms with Gasteiger partial charge in [0.05, 0.1) is 0 Å². The van der Waals surface area contributed by atoms with Crippen LogP contribution in [0.4, 0.5) is 5.69 Å². The largest absolute Gasteiger partial charge is 0.355 e. The summed E-state index contributed by atoms with van der Waals surface area (Å²) >= 11 is 1.91. The quantitative estimate of drug-likeness (QED) is 0.592. The number of hydrogen-bond acceptors (Lipinski definition) is 3. The van der Waals surface area contributed by atoms with Crippen LogP contribution in [0.2, 0.25) is 0 Å². The van der Waals surface area contributed by atoms with Gasteiger partial charge in [0.1, 0.15) is 5.92 Å². The van der Waals surface area contributed by atoms with E-state index in [1.807, 2.05) is 42.1 Å². The molecule has 2 rings (SSSR count). The van der Waals surface area contributed by atoms with Crippen LogP contribution in [0, 0.1) is 5.92 Å². The first-order valence-corrected chi connectivity index (χ1v) is 9.11. The number of carbonyl (C=O) groups excluding carboxylic acids is 2. The molecule has 1 fully saturated rings. The van der Waals surface area contributed by atoms with Crippen molar-refractivity contribution < 1.29 is 9.59 Å². The summed E-state index contributed by atoms with van der Waals surface area (Å²) in [5, 5.41) is 2.90. The van der Waals surface area contributed by atoms with Crippen molar-refractivity contribution in [2.75, 3.05) is 29.5 Å². The second-order valence-electron chi connectivity index (χ2n) is 5.42. The van der Waals surface area contributed by atoms with Gasteiger partial charge in [0, 0.05) is 18.8 Å². The van der Waals surface area contributed by atoms with Gasteiger partial charge in [-0.1, -0.05) is 25.1 Å². The van der Waals surface area contributed by atoms with Crippen molar-refractivity contribution in [3.05, 3.63) is 30.3 Å². The molecule has 0 spiro atoms. The van der Waals surface area contributed by atoms with Gasteiger partial charge in [-0.3, -0.25) is 9.59 Å². The Kier molecular flexibility index (Phi) is 6.77. The lowest BCUT2D eigenvalue weighted by Gasteiger charge is -2.16. The van der Waals surface area contributed by atoms with Crippen LogP contribution in [-0.4, -0.2) is 36.4 Å². The van der Waals surface area contributed by atoms with Crippen LogP contribution in [-0.2, 0) is 9.59 Å². The van der Waals surface area contributed by atoms with Gasteiger partial charge >= 0.3 is 0 Å². The number of rotatable bonds is 8. The van der Waals surface area contributed by atoms with Crippen LogP contribution in [0.25, 0.3) is 0 Å². The number of hydrogen-bond donors (Lipinski definition) is 1. The molecule has 1 saturated heterocycles. The Balaban J connectivity index is 1.76. The molecule has 2 amide bonds. The molecular weight excluding hydrogens is 296 g/mol. The summed E-state index contributed by atoms with van der Waals surface area (Å²) in [5.41, 5.74) is 0.874. The molecule has 1 atom stereocenters. The minimum absolute atomic E-state index is 0.0796. The van der Waals surface area contributed by atoms with Crippen LogP contribution in [0.1, 0.15) is 26.2 Å². The van der Waals surface area contributed by atoms with Gasteiger partial charge in [-0.25, -0.2) is 0 Å². The zero-order valence-electron chi connectivity index (χ0n) is 13.1. The lowest BCUT2D eigenvalue weighted by molar-refractivity contribution is -0.132. The Morgan fingerprint density at radius 2 is 2.09 bits per heavy atom.